The van der Waals surface area contributed by atoms with Gasteiger partial charge < -0.3 is 28.5 Å². The van der Waals surface area contributed by atoms with Gasteiger partial charge in [0.1, 0.15) is 40.2 Å². The molecule has 1 aliphatic heterocycles. The van der Waals surface area contributed by atoms with E-state index in [1.165, 1.54) is 26.5 Å². The lowest BCUT2D eigenvalue weighted by Crippen LogP contribution is -2.22. The molecule has 37 heavy (non-hydrogen) atoms. The normalized spacial score (nSPS) is 14.5. The number of para-hydroxylation sites is 1. The maximum atomic E-state index is 13.6. The lowest BCUT2D eigenvalue weighted by atomic mass is 9.85. The Hall–Kier alpha value is -4.79. The van der Waals surface area contributed by atoms with Gasteiger partial charge in [0, 0.05) is 23.1 Å². The minimum atomic E-state index is -0.519. The number of rotatable bonds is 6. The van der Waals surface area contributed by atoms with Crippen molar-refractivity contribution in [1.29, 1.82) is 0 Å². The molecule has 5 rings (SSSR count). The van der Waals surface area contributed by atoms with Gasteiger partial charge in [-0.15, -0.1) is 0 Å². The fourth-order valence-corrected chi connectivity index (χ4v) is 4.47. The van der Waals surface area contributed by atoms with Crippen molar-refractivity contribution in [3.63, 3.8) is 0 Å². The Balaban J connectivity index is 1.62. The van der Waals surface area contributed by atoms with E-state index in [1.54, 1.807) is 48.5 Å². The van der Waals surface area contributed by atoms with Crippen LogP contribution < -0.4 is 19.6 Å². The average Bonchev–Trinajstić information content (AvgIpc) is 2.91. The molecule has 0 unspecified atom stereocenters. The summed E-state index contributed by atoms with van der Waals surface area (Å²) in [6.07, 6.45) is 1.31. The molecule has 0 aliphatic carbocycles. The van der Waals surface area contributed by atoms with Gasteiger partial charge in [0.05, 0.1) is 26.2 Å². The highest BCUT2D eigenvalue weighted by Gasteiger charge is 2.33. The molecule has 0 amide bonds. The molecular weight excluding hydrogens is 480 g/mol. The van der Waals surface area contributed by atoms with Gasteiger partial charge in [0.2, 0.25) is 5.43 Å². The number of phenolic OH excluding ortho intramolecular Hbond substituents is 1. The van der Waals surface area contributed by atoms with Gasteiger partial charge in [-0.3, -0.25) is 9.59 Å². The van der Waals surface area contributed by atoms with Crippen LogP contribution in [0.1, 0.15) is 23.5 Å². The first-order chi connectivity index (χ1) is 17.9. The SMILES string of the molecule is COC(=O)COc1ccc([C@H]2CC(=O)Oc3cc(O)c4c(=O)c(-c5ccccc5OC)coc4c32)cc1. The van der Waals surface area contributed by atoms with Crippen molar-refractivity contribution < 1.29 is 38.1 Å². The largest absolute Gasteiger partial charge is 0.507 e. The summed E-state index contributed by atoms with van der Waals surface area (Å²) in [6.45, 7) is -0.238. The number of aromatic hydroxyl groups is 1. The van der Waals surface area contributed by atoms with Crippen LogP contribution in [-0.2, 0) is 14.3 Å². The first-order valence-corrected chi connectivity index (χ1v) is 11.4. The summed E-state index contributed by atoms with van der Waals surface area (Å²) < 4.78 is 26.7. The summed E-state index contributed by atoms with van der Waals surface area (Å²) in [5, 5.41) is 10.7. The molecule has 9 heteroatoms. The highest BCUT2D eigenvalue weighted by atomic mass is 16.6. The highest BCUT2D eigenvalue weighted by Crippen LogP contribution is 2.46. The lowest BCUT2D eigenvalue weighted by Gasteiger charge is -2.26. The molecule has 0 saturated carbocycles. The van der Waals surface area contributed by atoms with E-state index in [0.717, 1.165) is 5.56 Å². The first-order valence-electron chi connectivity index (χ1n) is 11.4. The van der Waals surface area contributed by atoms with Crippen LogP contribution in [-0.4, -0.2) is 37.9 Å². The topological polar surface area (TPSA) is 122 Å². The Bertz CT molecular complexity index is 1570. The number of ether oxygens (including phenoxy) is 4. The fourth-order valence-electron chi connectivity index (χ4n) is 4.47. The predicted molar refractivity (Wildman–Crippen MR) is 132 cm³/mol. The van der Waals surface area contributed by atoms with Gasteiger partial charge >= 0.3 is 11.9 Å². The van der Waals surface area contributed by atoms with Crippen molar-refractivity contribution in [3.05, 3.63) is 82.2 Å². The summed E-state index contributed by atoms with van der Waals surface area (Å²) in [6, 6.07) is 15.1. The van der Waals surface area contributed by atoms with Gasteiger partial charge in [-0.2, -0.15) is 0 Å². The van der Waals surface area contributed by atoms with Gasteiger partial charge in [0.15, 0.2) is 6.61 Å². The monoisotopic (exact) mass is 502 g/mol. The second-order valence-corrected chi connectivity index (χ2v) is 8.36. The van der Waals surface area contributed by atoms with Crippen molar-refractivity contribution in [2.75, 3.05) is 20.8 Å². The maximum Gasteiger partial charge on any atom is 0.343 e. The third-order valence-electron chi connectivity index (χ3n) is 6.23. The van der Waals surface area contributed by atoms with Crippen LogP contribution in [0.5, 0.6) is 23.0 Å². The van der Waals surface area contributed by atoms with Gasteiger partial charge in [-0.1, -0.05) is 30.3 Å². The number of carbonyl (C=O) groups excluding carboxylic acids is 2. The molecule has 0 fully saturated rings. The summed E-state index contributed by atoms with van der Waals surface area (Å²) in [7, 11) is 2.77. The van der Waals surface area contributed by atoms with Crippen LogP contribution >= 0.6 is 0 Å². The van der Waals surface area contributed by atoms with Crippen molar-refractivity contribution in [2.45, 2.75) is 12.3 Å². The van der Waals surface area contributed by atoms with E-state index in [2.05, 4.69) is 4.74 Å². The van der Waals surface area contributed by atoms with E-state index in [9.17, 15) is 19.5 Å². The van der Waals surface area contributed by atoms with Crippen LogP contribution in [0.3, 0.4) is 0 Å². The molecule has 0 bridgehead atoms. The molecule has 0 saturated heterocycles. The molecule has 1 aromatic heterocycles. The number of hydrogen-bond acceptors (Lipinski definition) is 9. The zero-order valence-corrected chi connectivity index (χ0v) is 20.0. The van der Waals surface area contributed by atoms with E-state index in [4.69, 9.17) is 18.6 Å². The predicted octanol–water partition coefficient (Wildman–Crippen LogP) is 4.17. The van der Waals surface area contributed by atoms with Crippen LogP contribution in [0.4, 0.5) is 0 Å². The van der Waals surface area contributed by atoms with Crippen LogP contribution in [0.2, 0.25) is 0 Å². The van der Waals surface area contributed by atoms with Crippen molar-refractivity contribution >= 4 is 22.9 Å². The molecule has 9 nitrogen and oxygen atoms in total. The molecule has 2 heterocycles. The summed E-state index contributed by atoms with van der Waals surface area (Å²) in [5.41, 5.74) is 1.61. The molecule has 1 atom stereocenters. The van der Waals surface area contributed by atoms with E-state index >= 15 is 0 Å². The van der Waals surface area contributed by atoms with Crippen LogP contribution in [0.15, 0.2) is 70.1 Å². The number of carbonyl (C=O) groups is 2. The number of phenols is 1. The zero-order chi connectivity index (χ0) is 26.1. The third-order valence-corrected chi connectivity index (χ3v) is 6.23. The zero-order valence-electron chi connectivity index (χ0n) is 20.0. The number of methoxy groups -OCH3 is 2. The molecule has 3 aromatic carbocycles. The van der Waals surface area contributed by atoms with E-state index < -0.39 is 23.3 Å². The minimum Gasteiger partial charge on any atom is -0.507 e. The highest BCUT2D eigenvalue weighted by molar-refractivity contribution is 5.94. The molecular formula is C28H22O9. The van der Waals surface area contributed by atoms with Crippen LogP contribution in [0.25, 0.3) is 22.1 Å². The Kier molecular flexibility index (Phi) is 6.27. The quantitative estimate of drug-likeness (QED) is 0.306. The molecule has 188 valence electrons. The Labute approximate surface area is 210 Å². The fraction of sp³-hybridized carbons (Fsp3) is 0.179. The van der Waals surface area contributed by atoms with E-state index in [1.807, 2.05) is 0 Å². The number of hydrogen-bond donors (Lipinski definition) is 1. The Morgan fingerprint density at radius 2 is 1.81 bits per heavy atom. The van der Waals surface area contributed by atoms with Crippen molar-refractivity contribution in [1.82, 2.24) is 0 Å². The van der Waals surface area contributed by atoms with Crippen molar-refractivity contribution in [2.24, 2.45) is 0 Å². The summed E-state index contributed by atoms with van der Waals surface area (Å²) in [4.78, 5) is 37.3. The molecule has 4 aromatic rings. The Morgan fingerprint density at radius 1 is 1.05 bits per heavy atom. The van der Waals surface area contributed by atoms with Crippen molar-refractivity contribution in [3.8, 4) is 34.1 Å². The van der Waals surface area contributed by atoms with Gasteiger partial charge in [-0.05, 0) is 23.8 Å². The molecule has 1 aliphatic rings. The molecule has 0 spiro atoms. The standard InChI is InChI=1S/C28H22O9/c1-33-21-6-4-3-5-17(21)19-13-36-28-25-18(15-7-9-16(10-8-15)35-14-24(31)34-2)11-23(30)37-22(25)12-20(29)26(28)27(19)32/h3-10,12-13,18,29H,11,14H2,1-2H3/t18-/m1/s1. The first kappa shape index (κ1) is 23.9. The van der Waals surface area contributed by atoms with E-state index in [-0.39, 0.29) is 41.1 Å². The number of esters is 2. The summed E-state index contributed by atoms with van der Waals surface area (Å²) >= 11 is 0. The number of benzene rings is 3. The van der Waals surface area contributed by atoms with E-state index in [0.29, 0.717) is 22.6 Å². The lowest BCUT2D eigenvalue weighted by molar-refractivity contribution is -0.143. The second kappa shape index (κ2) is 9.69. The average molecular weight is 502 g/mol. The smallest absolute Gasteiger partial charge is 0.343 e. The molecule has 0 radical (unpaired) electrons. The minimum absolute atomic E-state index is 0.00674. The Morgan fingerprint density at radius 3 is 2.54 bits per heavy atom. The van der Waals surface area contributed by atoms with Crippen LogP contribution in [0, 0.1) is 0 Å². The third kappa shape index (κ3) is 4.35. The number of fused-ring (bicyclic) bond motifs is 3. The second-order valence-electron chi connectivity index (χ2n) is 8.36. The summed E-state index contributed by atoms with van der Waals surface area (Å²) in [5.74, 6) is -0.847. The maximum absolute atomic E-state index is 13.6. The van der Waals surface area contributed by atoms with Gasteiger partial charge in [0.25, 0.3) is 0 Å². The van der Waals surface area contributed by atoms with Gasteiger partial charge in [-0.25, -0.2) is 4.79 Å². The molecule has 1 N–H and O–H groups in total.